The lowest BCUT2D eigenvalue weighted by Gasteiger charge is -2.34. The number of hydrogen-bond donors (Lipinski definition) is 0. The van der Waals surface area contributed by atoms with Crippen LogP contribution in [0.1, 0.15) is 33.4 Å². The van der Waals surface area contributed by atoms with Gasteiger partial charge in [-0.2, -0.15) is 10.5 Å². The molecule has 0 aliphatic heterocycles. The van der Waals surface area contributed by atoms with E-state index < -0.39 is 5.41 Å². The van der Waals surface area contributed by atoms with Gasteiger partial charge in [-0.25, -0.2) is 0 Å². The molecule has 0 radical (unpaired) electrons. The number of nitriles is 2. The molecule has 0 saturated heterocycles. The van der Waals surface area contributed by atoms with Crippen molar-refractivity contribution in [3.63, 3.8) is 0 Å². The maximum absolute atomic E-state index is 9.98. The predicted molar refractivity (Wildman–Crippen MR) is 168 cm³/mol. The van der Waals surface area contributed by atoms with E-state index in [1.54, 1.807) is 6.07 Å². The van der Waals surface area contributed by atoms with Gasteiger partial charge < -0.3 is 4.57 Å². The van der Waals surface area contributed by atoms with Crippen LogP contribution in [0.25, 0.3) is 38.6 Å². The molecular weight excluding hydrogens is 510 g/mol. The average molecular weight is 534 g/mol. The van der Waals surface area contributed by atoms with Crippen LogP contribution < -0.4 is 0 Å². The second kappa shape index (κ2) is 9.07. The first-order valence-corrected chi connectivity index (χ1v) is 14.0. The van der Waals surface area contributed by atoms with Crippen molar-refractivity contribution in [2.75, 3.05) is 0 Å². The highest BCUT2D eigenvalue weighted by molar-refractivity contribution is 6.09. The molecule has 0 bridgehead atoms. The average Bonchev–Trinajstić information content (AvgIpc) is 3.55. The Balaban J connectivity index is 1.53. The fourth-order valence-corrected chi connectivity index (χ4v) is 7.06. The Morgan fingerprint density at radius 2 is 1.05 bits per heavy atom. The molecule has 0 spiro atoms. The molecule has 7 aromatic rings. The molecule has 6 aromatic carbocycles. The first kappa shape index (κ1) is 23.9. The summed E-state index contributed by atoms with van der Waals surface area (Å²) < 4.78 is 2.32. The Bertz CT molecular complexity index is 2200. The Morgan fingerprint density at radius 3 is 1.71 bits per heavy atom. The first-order valence-electron chi connectivity index (χ1n) is 14.0. The molecule has 42 heavy (non-hydrogen) atoms. The van der Waals surface area contributed by atoms with Gasteiger partial charge in [0.05, 0.1) is 39.7 Å². The van der Waals surface area contributed by atoms with E-state index in [1.165, 1.54) is 16.5 Å². The summed E-state index contributed by atoms with van der Waals surface area (Å²) in [5, 5.41) is 22.3. The van der Waals surface area contributed by atoms with Crippen molar-refractivity contribution in [1.29, 1.82) is 10.5 Å². The molecule has 0 saturated carbocycles. The fourth-order valence-electron chi connectivity index (χ4n) is 7.06. The van der Waals surface area contributed by atoms with Crippen molar-refractivity contribution in [3.05, 3.63) is 173 Å². The van der Waals surface area contributed by atoms with E-state index >= 15 is 0 Å². The van der Waals surface area contributed by atoms with Crippen LogP contribution in [0.5, 0.6) is 0 Å². The van der Waals surface area contributed by atoms with E-state index in [0.717, 1.165) is 44.4 Å². The number of fused-ring (bicyclic) bond motifs is 6. The summed E-state index contributed by atoms with van der Waals surface area (Å²) in [5.41, 5.74) is 10.3. The van der Waals surface area contributed by atoms with Crippen molar-refractivity contribution in [2.24, 2.45) is 0 Å². The van der Waals surface area contributed by atoms with Crippen LogP contribution in [0.15, 0.2) is 140 Å². The van der Waals surface area contributed by atoms with Gasteiger partial charge in [0.1, 0.15) is 0 Å². The lowest BCUT2D eigenvalue weighted by Crippen LogP contribution is -2.29. The molecule has 3 nitrogen and oxygen atoms in total. The monoisotopic (exact) mass is 533 g/mol. The van der Waals surface area contributed by atoms with E-state index in [4.69, 9.17) is 0 Å². The Hall–Kier alpha value is -5.90. The third kappa shape index (κ3) is 3.20. The molecule has 0 amide bonds. The zero-order chi connectivity index (χ0) is 28.3. The highest BCUT2D eigenvalue weighted by atomic mass is 15.0. The van der Waals surface area contributed by atoms with Gasteiger partial charge in [0.15, 0.2) is 0 Å². The molecule has 0 unspecified atom stereocenters. The second-order valence-corrected chi connectivity index (χ2v) is 10.8. The van der Waals surface area contributed by atoms with Crippen LogP contribution in [0.2, 0.25) is 0 Å². The summed E-state index contributed by atoms with van der Waals surface area (Å²) in [6.45, 7) is 0. The third-order valence-corrected chi connectivity index (χ3v) is 8.70. The Kier molecular flexibility index (Phi) is 5.17. The molecule has 194 valence electrons. The minimum Gasteiger partial charge on any atom is -0.309 e. The highest BCUT2D eigenvalue weighted by Gasteiger charge is 2.46. The summed E-state index contributed by atoms with van der Waals surface area (Å²) >= 11 is 0. The molecule has 0 N–H and O–H groups in total. The Morgan fingerprint density at radius 1 is 0.476 bits per heavy atom. The fraction of sp³-hybridized carbons (Fsp3) is 0.0256. The van der Waals surface area contributed by atoms with E-state index in [2.05, 4.69) is 132 Å². The largest absolute Gasteiger partial charge is 0.309 e. The molecule has 1 heterocycles. The van der Waals surface area contributed by atoms with Gasteiger partial charge in [0, 0.05) is 16.5 Å². The lowest BCUT2D eigenvalue weighted by atomic mass is 9.67. The van der Waals surface area contributed by atoms with Gasteiger partial charge in [-0.1, -0.05) is 91.0 Å². The van der Waals surface area contributed by atoms with Gasteiger partial charge in [0.2, 0.25) is 0 Å². The predicted octanol–water partition coefficient (Wildman–Crippen LogP) is 8.89. The van der Waals surface area contributed by atoms with Gasteiger partial charge in [-0.3, -0.25) is 0 Å². The molecule has 1 aliphatic rings. The molecule has 8 rings (SSSR count). The van der Waals surface area contributed by atoms with E-state index in [1.807, 2.05) is 18.2 Å². The number of para-hydroxylation sites is 2. The summed E-state index contributed by atoms with van der Waals surface area (Å²) in [4.78, 5) is 0. The molecule has 3 heteroatoms. The number of nitrogens with zero attached hydrogens (tertiary/aromatic N) is 3. The molecule has 0 fully saturated rings. The molecular formula is C39H23N3. The summed E-state index contributed by atoms with van der Waals surface area (Å²) in [6.07, 6.45) is 0. The third-order valence-electron chi connectivity index (χ3n) is 8.70. The van der Waals surface area contributed by atoms with E-state index in [-0.39, 0.29) is 0 Å². The lowest BCUT2D eigenvalue weighted by molar-refractivity contribution is 0.769. The van der Waals surface area contributed by atoms with E-state index in [0.29, 0.717) is 11.1 Å². The number of aromatic nitrogens is 1. The molecule has 1 aliphatic carbocycles. The SMILES string of the molecule is N#Cc1cc(C#N)cc(C2(c3ccc4c(c3)c3ccccc3n4-c3ccccc3)c3ccccc3-c3ccccc32)c1. The van der Waals surface area contributed by atoms with Crippen LogP contribution in [0.4, 0.5) is 0 Å². The van der Waals surface area contributed by atoms with Crippen LogP contribution in [-0.2, 0) is 5.41 Å². The number of rotatable bonds is 3. The highest BCUT2D eigenvalue weighted by Crippen LogP contribution is 2.56. The van der Waals surface area contributed by atoms with Gasteiger partial charge in [-0.15, -0.1) is 0 Å². The van der Waals surface area contributed by atoms with Crippen molar-refractivity contribution < 1.29 is 0 Å². The van der Waals surface area contributed by atoms with Crippen LogP contribution in [0.3, 0.4) is 0 Å². The van der Waals surface area contributed by atoms with Crippen molar-refractivity contribution >= 4 is 21.8 Å². The number of hydrogen-bond acceptors (Lipinski definition) is 2. The standard InChI is InChI=1S/C39H23N3/c40-24-26-20-27(25-41)22-29(21-26)39(35-15-7-4-12-31(35)32-13-5-8-16-36(32)39)28-18-19-38-34(23-28)33-14-6-9-17-37(33)42(38)30-10-2-1-3-11-30/h1-23H. The second-order valence-electron chi connectivity index (χ2n) is 10.8. The summed E-state index contributed by atoms with van der Waals surface area (Å²) in [7, 11) is 0. The molecule has 1 aromatic heterocycles. The minimum atomic E-state index is -0.713. The van der Waals surface area contributed by atoms with E-state index in [9.17, 15) is 10.5 Å². The summed E-state index contributed by atoms with van der Waals surface area (Å²) in [6, 6.07) is 53.0. The smallest absolute Gasteiger partial charge is 0.0992 e. The summed E-state index contributed by atoms with van der Waals surface area (Å²) in [5.74, 6) is 0. The first-order chi connectivity index (χ1) is 20.7. The Labute approximate surface area is 243 Å². The van der Waals surface area contributed by atoms with Crippen LogP contribution >= 0.6 is 0 Å². The maximum Gasteiger partial charge on any atom is 0.0992 e. The van der Waals surface area contributed by atoms with Crippen molar-refractivity contribution in [2.45, 2.75) is 5.41 Å². The van der Waals surface area contributed by atoms with Gasteiger partial charge in [0.25, 0.3) is 0 Å². The quantitative estimate of drug-likeness (QED) is 0.228. The zero-order valence-electron chi connectivity index (χ0n) is 22.6. The van der Waals surface area contributed by atoms with Crippen molar-refractivity contribution in [1.82, 2.24) is 4.57 Å². The minimum absolute atomic E-state index is 0.479. The topological polar surface area (TPSA) is 52.5 Å². The maximum atomic E-state index is 9.98. The van der Waals surface area contributed by atoms with Gasteiger partial charge >= 0.3 is 0 Å². The van der Waals surface area contributed by atoms with Gasteiger partial charge in [-0.05, 0) is 81.9 Å². The van der Waals surface area contributed by atoms with Crippen molar-refractivity contribution in [3.8, 4) is 29.0 Å². The zero-order valence-corrected chi connectivity index (χ0v) is 22.6. The molecule has 0 atom stereocenters. The normalized spacial score (nSPS) is 12.9. The van der Waals surface area contributed by atoms with Crippen LogP contribution in [-0.4, -0.2) is 4.57 Å². The van der Waals surface area contributed by atoms with Crippen LogP contribution in [0, 0.1) is 22.7 Å². The number of benzene rings is 6.